The lowest BCUT2D eigenvalue weighted by molar-refractivity contribution is -0.116. The Morgan fingerprint density at radius 2 is 2.25 bits per heavy atom. The first-order valence-corrected chi connectivity index (χ1v) is 5.16. The molecule has 0 fully saturated rings. The molecule has 4 nitrogen and oxygen atoms in total. The Morgan fingerprint density at radius 3 is 2.94 bits per heavy atom. The van der Waals surface area contributed by atoms with Crippen molar-refractivity contribution in [1.29, 1.82) is 5.26 Å². The van der Waals surface area contributed by atoms with Crippen LogP contribution in [0.4, 0.5) is 5.69 Å². The SMILES string of the molecule is CCCC(=O)Nc1ccccc1OCC#N. The van der Waals surface area contributed by atoms with Gasteiger partial charge in [0.1, 0.15) is 11.8 Å². The van der Waals surface area contributed by atoms with E-state index in [0.29, 0.717) is 17.9 Å². The van der Waals surface area contributed by atoms with Crippen molar-refractivity contribution in [2.45, 2.75) is 19.8 Å². The largest absolute Gasteiger partial charge is 0.477 e. The van der Waals surface area contributed by atoms with E-state index in [4.69, 9.17) is 10.00 Å². The Hall–Kier alpha value is -2.02. The predicted molar refractivity (Wildman–Crippen MR) is 61.1 cm³/mol. The van der Waals surface area contributed by atoms with E-state index in [9.17, 15) is 4.79 Å². The van der Waals surface area contributed by atoms with Crippen LogP contribution in [0.25, 0.3) is 0 Å². The third kappa shape index (κ3) is 3.62. The number of carbonyl (C=O) groups excluding carboxylic acids is 1. The zero-order valence-corrected chi connectivity index (χ0v) is 9.19. The van der Waals surface area contributed by atoms with Crippen molar-refractivity contribution in [1.82, 2.24) is 0 Å². The van der Waals surface area contributed by atoms with Gasteiger partial charge in [-0.15, -0.1) is 0 Å². The van der Waals surface area contributed by atoms with Gasteiger partial charge in [0.05, 0.1) is 5.69 Å². The molecule has 4 heteroatoms. The summed E-state index contributed by atoms with van der Waals surface area (Å²) in [5.41, 5.74) is 0.608. The van der Waals surface area contributed by atoms with E-state index in [0.717, 1.165) is 6.42 Å². The van der Waals surface area contributed by atoms with Gasteiger partial charge in [0.2, 0.25) is 5.91 Å². The van der Waals surface area contributed by atoms with Crippen molar-refractivity contribution in [2.75, 3.05) is 11.9 Å². The highest BCUT2D eigenvalue weighted by atomic mass is 16.5. The number of benzene rings is 1. The number of hydrogen-bond acceptors (Lipinski definition) is 3. The molecule has 0 radical (unpaired) electrons. The van der Waals surface area contributed by atoms with Crippen molar-refractivity contribution >= 4 is 11.6 Å². The van der Waals surface area contributed by atoms with Crippen molar-refractivity contribution in [3.8, 4) is 11.8 Å². The van der Waals surface area contributed by atoms with Gasteiger partial charge >= 0.3 is 0 Å². The lowest BCUT2D eigenvalue weighted by Gasteiger charge is -2.09. The summed E-state index contributed by atoms with van der Waals surface area (Å²) < 4.78 is 5.19. The van der Waals surface area contributed by atoms with E-state index < -0.39 is 0 Å². The first kappa shape index (κ1) is 12.1. The fourth-order valence-electron chi connectivity index (χ4n) is 1.25. The Labute approximate surface area is 94.8 Å². The quantitative estimate of drug-likeness (QED) is 0.825. The molecule has 1 rings (SSSR count). The van der Waals surface area contributed by atoms with E-state index in [2.05, 4.69) is 5.32 Å². The molecular weight excluding hydrogens is 204 g/mol. The van der Waals surface area contributed by atoms with Gasteiger partial charge < -0.3 is 10.1 Å². The lowest BCUT2D eigenvalue weighted by Crippen LogP contribution is -2.11. The number of carbonyl (C=O) groups is 1. The molecule has 0 aliphatic heterocycles. The summed E-state index contributed by atoms with van der Waals surface area (Å²) >= 11 is 0. The standard InChI is InChI=1S/C12H14N2O2/c1-2-5-12(15)14-10-6-3-4-7-11(10)16-9-8-13/h3-4,6-7H,2,5,9H2,1H3,(H,14,15). The molecule has 84 valence electrons. The van der Waals surface area contributed by atoms with Crippen LogP contribution < -0.4 is 10.1 Å². The Morgan fingerprint density at radius 1 is 1.50 bits per heavy atom. The summed E-state index contributed by atoms with van der Waals surface area (Å²) in [6.45, 7) is 1.92. The first-order chi connectivity index (χ1) is 7.77. The van der Waals surface area contributed by atoms with E-state index >= 15 is 0 Å². The summed E-state index contributed by atoms with van der Waals surface area (Å²) in [7, 11) is 0. The van der Waals surface area contributed by atoms with Gasteiger partial charge in [-0.3, -0.25) is 4.79 Å². The summed E-state index contributed by atoms with van der Waals surface area (Å²) in [5.74, 6) is 0.476. The van der Waals surface area contributed by atoms with E-state index in [1.807, 2.05) is 13.0 Å². The van der Waals surface area contributed by atoms with E-state index in [-0.39, 0.29) is 12.5 Å². The summed E-state index contributed by atoms with van der Waals surface area (Å²) in [4.78, 5) is 11.4. The van der Waals surface area contributed by atoms with Gasteiger partial charge in [-0.05, 0) is 18.6 Å². The second kappa shape index (κ2) is 6.46. The molecule has 1 aromatic carbocycles. The van der Waals surface area contributed by atoms with Gasteiger partial charge in [-0.1, -0.05) is 19.1 Å². The molecule has 16 heavy (non-hydrogen) atoms. The van der Waals surface area contributed by atoms with E-state index in [1.54, 1.807) is 24.3 Å². The highest BCUT2D eigenvalue weighted by molar-refractivity contribution is 5.92. The fraction of sp³-hybridized carbons (Fsp3) is 0.333. The van der Waals surface area contributed by atoms with Crippen molar-refractivity contribution in [2.24, 2.45) is 0 Å². The van der Waals surface area contributed by atoms with Crippen molar-refractivity contribution in [3.05, 3.63) is 24.3 Å². The maximum atomic E-state index is 11.4. The number of hydrogen-bond donors (Lipinski definition) is 1. The molecule has 1 amide bonds. The summed E-state index contributed by atoms with van der Waals surface area (Å²) in [6, 6.07) is 8.96. The molecule has 0 aliphatic rings. The molecule has 0 heterocycles. The number of anilines is 1. The maximum Gasteiger partial charge on any atom is 0.224 e. The molecule has 0 bridgehead atoms. The zero-order chi connectivity index (χ0) is 11.8. The van der Waals surface area contributed by atoms with Crippen LogP contribution in [0.1, 0.15) is 19.8 Å². The van der Waals surface area contributed by atoms with Crippen LogP contribution in [0, 0.1) is 11.3 Å². The van der Waals surface area contributed by atoms with Crippen LogP contribution in [0.5, 0.6) is 5.75 Å². The van der Waals surface area contributed by atoms with Crippen LogP contribution in [-0.2, 0) is 4.79 Å². The molecule has 1 N–H and O–H groups in total. The first-order valence-electron chi connectivity index (χ1n) is 5.16. The van der Waals surface area contributed by atoms with Gasteiger partial charge in [0, 0.05) is 6.42 Å². The fourth-order valence-corrected chi connectivity index (χ4v) is 1.25. The van der Waals surface area contributed by atoms with Crippen LogP contribution in [0.3, 0.4) is 0 Å². The molecule has 0 saturated heterocycles. The number of amides is 1. The third-order valence-corrected chi connectivity index (χ3v) is 1.93. The number of ether oxygens (including phenoxy) is 1. The predicted octanol–water partition coefficient (Wildman–Crippen LogP) is 2.33. The van der Waals surface area contributed by atoms with Crippen LogP contribution in [0.2, 0.25) is 0 Å². The van der Waals surface area contributed by atoms with Crippen LogP contribution >= 0.6 is 0 Å². The Balaban J connectivity index is 2.71. The summed E-state index contributed by atoms with van der Waals surface area (Å²) in [5, 5.41) is 11.2. The number of nitriles is 1. The minimum absolute atomic E-state index is 0.0271. The maximum absolute atomic E-state index is 11.4. The van der Waals surface area contributed by atoms with Gasteiger partial charge in [-0.25, -0.2) is 0 Å². The third-order valence-electron chi connectivity index (χ3n) is 1.93. The number of rotatable bonds is 5. The highest BCUT2D eigenvalue weighted by Gasteiger charge is 2.06. The lowest BCUT2D eigenvalue weighted by atomic mass is 10.2. The molecule has 0 spiro atoms. The van der Waals surface area contributed by atoms with E-state index in [1.165, 1.54) is 0 Å². The van der Waals surface area contributed by atoms with Crippen molar-refractivity contribution in [3.63, 3.8) is 0 Å². The summed E-state index contributed by atoms with van der Waals surface area (Å²) in [6.07, 6.45) is 1.28. The minimum Gasteiger partial charge on any atom is -0.477 e. The molecule has 0 unspecified atom stereocenters. The number of nitrogens with one attached hydrogen (secondary N) is 1. The average Bonchev–Trinajstić information content (AvgIpc) is 2.28. The topological polar surface area (TPSA) is 62.1 Å². The molecule has 0 saturated carbocycles. The highest BCUT2D eigenvalue weighted by Crippen LogP contribution is 2.23. The van der Waals surface area contributed by atoms with Gasteiger partial charge in [-0.2, -0.15) is 5.26 Å². The number of para-hydroxylation sites is 2. The zero-order valence-electron chi connectivity index (χ0n) is 9.19. The Kier molecular flexibility index (Phi) is 4.87. The molecule has 1 aromatic rings. The average molecular weight is 218 g/mol. The van der Waals surface area contributed by atoms with Crippen LogP contribution in [-0.4, -0.2) is 12.5 Å². The second-order valence-corrected chi connectivity index (χ2v) is 3.24. The van der Waals surface area contributed by atoms with Crippen LogP contribution in [0.15, 0.2) is 24.3 Å². The minimum atomic E-state index is -0.0458. The molecule has 0 atom stereocenters. The Bertz CT molecular complexity index is 396. The van der Waals surface area contributed by atoms with Crippen molar-refractivity contribution < 1.29 is 9.53 Å². The molecule has 0 aliphatic carbocycles. The smallest absolute Gasteiger partial charge is 0.224 e. The van der Waals surface area contributed by atoms with Gasteiger partial charge in [0.15, 0.2) is 6.61 Å². The monoisotopic (exact) mass is 218 g/mol. The molecular formula is C12H14N2O2. The number of nitrogens with zero attached hydrogens (tertiary/aromatic N) is 1. The normalized spacial score (nSPS) is 9.25. The van der Waals surface area contributed by atoms with Gasteiger partial charge in [0.25, 0.3) is 0 Å². The molecule has 0 aromatic heterocycles. The second-order valence-electron chi connectivity index (χ2n) is 3.24.